The number of nitrogens with two attached hydrogens (primary N) is 1. The molecule has 2 N–H and O–H groups in total. The molecule has 0 fully saturated rings. The number of nitrogens with zero attached hydrogens (tertiary/aromatic N) is 1. The highest BCUT2D eigenvalue weighted by molar-refractivity contribution is 5.43. The molecule has 0 saturated carbocycles. The lowest BCUT2D eigenvalue weighted by atomic mass is 10.1. The quantitative estimate of drug-likeness (QED) is 0.785. The first kappa shape index (κ1) is 15.8. The molecule has 0 aliphatic heterocycles. The molecule has 108 valence electrons. The van der Waals surface area contributed by atoms with Crippen molar-refractivity contribution >= 4 is 0 Å². The van der Waals surface area contributed by atoms with Crippen LogP contribution in [0.4, 0.5) is 0 Å². The Labute approximate surface area is 116 Å². The molecule has 4 heteroatoms. The van der Waals surface area contributed by atoms with Crippen molar-refractivity contribution in [1.29, 1.82) is 0 Å². The topological polar surface area (TPSA) is 47.7 Å². The second-order valence-electron chi connectivity index (χ2n) is 4.57. The molecule has 0 radical (unpaired) electrons. The summed E-state index contributed by atoms with van der Waals surface area (Å²) in [7, 11) is 1.65. The molecule has 19 heavy (non-hydrogen) atoms. The summed E-state index contributed by atoms with van der Waals surface area (Å²) < 4.78 is 11.1. The number of likely N-dealkylation sites (N-methyl/N-ethyl adjacent to an activating group) is 1. The molecule has 0 bridgehead atoms. The SMILES string of the molecule is CCN(CC)CCOc1ccc([C@@H](C)N)cc1OC. The molecule has 0 unspecified atom stereocenters. The molecule has 0 heterocycles. The van der Waals surface area contributed by atoms with Crippen LogP contribution in [0.15, 0.2) is 18.2 Å². The third-order valence-electron chi connectivity index (χ3n) is 3.27. The van der Waals surface area contributed by atoms with Crippen LogP contribution in [0.3, 0.4) is 0 Å². The van der Waals surface area contributed by atoms with E-state index >= 15 is 0 Å². The van der Waals surface area contributed by atoms with Crippen molar-refractivity contribution < 1.29 is 9.47 Å². The predicted molar refractivity (Wildman–Crippen MR) is 78.9 cm³/mol. The van der Waals surface area contributed by atoms with Gasteiger partial charge in [0, 0.05) is 12.6 Å². The van der Waals surface area contributed by atoms with E-state index in [1.807, 2.05) is 25.1 Å². The van der Waals surface area contributed by atoms with Gasteiger partial charge in [0.05, 0.1) is 7.11 Å². The van der Waals surface area contributed by atoms with E-state index in [4.69, 9.17) is 15.2 Å². The highest BCUT2D eigenvalue weighted by atomic mass is 16.5. The number of methoxy groups -OCH3 is 1. The lowest BCUT2D eigenvalue weighted by Crippen LogP contribution is -2.27. The Morgan fingerprint density at radius 3 is 2.42 bits per heavy atom. The van der Waals surface area contributed by atoms with Gasteiger partial charge in [0.25, 0.3) is 0 Å². The summed E-state index contributed by atoms with van der Waals surface area (Å²) in [6.07, 6.45) is 0. The average molecular weight is 266 g/mol. The molecule has 4 nitrogen and oxygen atoms in total. The Bertz CT molecular complexity index is 376. The van der Waals surface area contributed by atoms with Crippen LogP contribution in [0, 0.1) is 0 Å². The van der Waals surface area contributed by atoms with Crippen LogP contribution >= 0.6 is 0 Å². The van der Waals surface area contributed by atoms with Gasteiger partial charge in [0.2, 0.25) is 0 Å². The van der Waals surface area contributed by atoms with Gasteiger partial charge in [-0.2, -0.15) is 0 Å². The van der Waals surface area contributed by atoms with Gasteiger partial charge >= 0.3 is 0 Å². The van der Waals surface area contributed by atoms with Crippen molar-refractivity contribution in [3.05, 3.63) is 23.8 Å². The minimum atomic E-state index is -0.00127. The zero-order valence-corrected chi connectivity index (χ0v) is 12.5. The van der Waals surface area contributed by atoms with Crippen LogP contribution in [0.5, 0.6) is 11.5 Å². The molecular weight excluding hydrogens is 240 g/mol. The van der Waals surface area contributed by atoms with Crippen molar-refractivity contribution in [2.45, 2.75) is 26.8 Å². The zero-order chi connectivity index (χ0) is 14.3. The van der Waals surface area contributed by atoms with Crippen molar-refractivity contribution in [3.63, 3.8) is 0 Å². The summed E-state index contributed by atoms with van der Waals surface area (Å²) in [5.74, 6) is 1.52. The van der Waals surface area contributed by atoms with Crippen molar-refractivity contribution in [2.24, 2.45) is 5.73 Å². The van der Waals surface area contributed by atoms with Crippen LogP contribution in [0.25, 0.3) is 0 Å². The fraction of sp³-hybridized carbons (Fsp3) is 0.600. The third-order valence-corrected chi connectivity index (χ3v) is 3.27. The Morgan fingerprint density at radius 2 is 1.89 bits per heavy atom. The first-order valence-electron chi connectivity index (χ1n) is 6.91. The summed E-state index contributed by atoms with van der Waals surface area (Å²) in [6, 6.07) is 5.86. The predicted octanol–water partition coefficient (Wildman–Crippen LogP) is 2.44. The van der Waals surface area contributed by atoms with E-state index in [9.17, 15) is 0 Å². The number of benzene rings is 1. The van der Waals surface area contributed by atoms with E-state index < -0.39 is 0 Å². The third kappa shape index (κ3) is 4.73. The van der Waals surface area contributed by atoms with E-state index in [2.05, 4.69) is 18.7 Å². The molecular formula is C15H26N2O2. The summed E-state index contributed by atoms with van der Waals surface area (Å²) in [5, 5.41) is 0. The Morgan fingerprint density at radius 1 is 1.21 bits per heavy atom. The van der Waals surface area contributed by atoms with Crippen LogP contribution in [0.1, 0.15) is 32.4 Å². The van der Waals surface area contributed by atoms with Gasteiger partial charge in [-0.25, -0.2) is 0 Å². The van der Waals surface area contributed by atoms with E-state index in [-0.39, 0.29) is 6.04 Å². The zero-order valence-electron chi connectivity index (χ0n) is 12.5. The van der Waals surface area contributed by atoms with Gasteiger partial charge in [-0.3, -0.25) is 0 Å². The Balaban J connectivity index is 2.63. The molecule has 0 aliphatic rings. The van der Waals surface area contributed by atoms with E-state index in [1.165, 1.54) is 0 Å². The van der Waals surface area contributed by atoms with E-state index in [0.717, 1.165) is 36.7 Å². The van der Waals surface area contributed by atoms with Crippen LogP contribution in [-0.2, 0) is 0 Å². The van der Waals surface area contributed by atoms with E-state index in [1.54, 1.807) is 7.11 Å². The van der Waals surface area contributed by atoms with Gasteiger partial charge in [-0.05, 0) is 37.7 Å². The second-order valence-corrected chi connectivity index (χ2v) is 4.57. The first-order chi connectivity index (χ1) is 9.12. The normalized spacial score (nSPS) is 12.5. The molecule has 1 atom stereocenters. The summed E-state index contributed by atoms with van der Waals surface area (Å²) in [6.45, 7) is 9.93. The maximum absolute atomic E-state index is 5.86. The highest BCUT2D eigenvalue weighted by Gasteiger charge is 2.08. The van der Waals surface area contributed by atoms with E-state index in [0.29, 0.717) is 6.61 Å². The summed E-state index contributed by atoms with van der Waals surface area (Å²) >= 11 is 0. The van der Waals surface area contributed by atoms with Crippen molar-refractivity contribution in [2.75, 3.05) is 33.4 Å². The van der Waals surface area contributed by atoms with Gasteiger partial charge < -0.3 is 20.1 Å². The summed E-state index contributed by atoms with van der Waals surface area (Å²) in [5.41, 5.74) is 6.91. The maximum atomic E-state index is 5.86. The molecule has 0 saturated heterocycles. The fourth-order valence-corrected chi connectivity index (χ4v) is 1.91. The number of ether oxygens (including phenoxy) is 2. The smallest absolute Gasteiger partial charge is 0.161 e. The van der Waals surface area contributed by atoms with Gasteiger partial charge in [-0.1, -0.05) is 19.9 Å². The van der Waals surface area contributed by atoms with Crippen molar-refractivity contribution in [3.8, 4) is 11.5 Å². The monoisotopic (exact) mass is 266 g/mol. The molecule has 0 aliphatic carbocycles. The van der Waals surface area contributed by atoms with Crippen LogP contribution < -0.4 is 15.2 Å². The van der Waals surface area contributed by atoms with Crippen molar-refractivity contribution in [1.82, 2.24) is 4.90 Å². The molecule has 0 aromatic heterocycles. The molecule has 1 aromatic carbocycles. The Hall–Kier alpha value is -1.26. The minimum Gasteiger partial charge on any atom is -0.493 e. The maximum Gasteiger partial charge on any atom is 0.161 e. The average Bonchev–Trinajstić information content (AvgIpc) is 2.43. The molecule has 0 amide bonds. The van der Waals surface area contributed by atoms with Gasteiger partial charge in [0.15, 0.2) is 11.5 Å². The van der Waals surface area contributed by atoms with Crippen LogP contribution in [0.2, 0.25) is 0 Å². The van der Waals surface area contributed by atoms with Gasteiger partial charge in [0.1, 0.15) is 6.61 Å². The number of rotatable bonds is 8. The second kappa shape index (κ2) is 8.02. The van der Waals surface area contributed by atoms with Crippen LogP contribution in [-0.4, -0.2) is 38.3 Å². The Kier molecular flexibility index (Phi) is 6.67. The lowest BCUT2D eigenvalue weighted by molar-refractivity contribution is 0.217. The number of hydrogen-bond acceptors (Lipinski definition) is 4. The largest absolute Gasteiger partial charge is 0.493 e. The first-order valence-corrected chi connectivity index (χ1v) is 6.91. The fourth-order valence-electron chi connectivity index (χ4n) is 1.91. The molecule has 1 rings (SSSR count). The number of hydrogen-bond donors (Lipinski definition) is 1. The molecule has 1 aromatic rings. The minimum absolute atomic E-state index is 0.00127. The molecule has 0 spiro atoms. The van der Waals surface area contributed by atoms with Gasteiger partial charge in [-0.15, -0.1) is 0 Å². The standard InChI is InChI=1S/C15H26N2O2/c1-5-17(6-2)9-10-19-14-8-7-13(12(3)16)11-15(14)18-4/h7-8,11-12H,5-6,9-10,16H2,1-4H3/t12-/m1/s1. The summed E-state index contributed by atoms with van der Waals surface area (Å²) in [4.78, 5) is 2.32. The highest BCUT2D eigenvalue weighted by Crippen LogP contribution is 2.29. The lowest BCUT2D eigenvalue weighted by Gasteiger charge is -2.19.